The molecular weight excluding hydrogens is 480 g/mol. The summed E-state index contributed by atoms with van der Waals surface area (Å²) in [5, 5.41) is 8.93. The van der Waals surface area contributed by atoms with Gasteiger partial charge in [0.15, 0.2) is 11.5 Å². The van der Waals surface area contributed by atoms with Crippen molar-refractivity contribution < 1.29 is 24.2 Å². The molecule has 1 aliphatic heterocycles. The summed E-state index contributed by atoms with van der Waals surface area (Å²) < 4.78 is 12.2. The SMILES string of the molecule is COc1cc(/C=C2/SC(=S)N(CC(=O)O)C2=O)cc(Br)c1OCc1ccncc1. The van der Waals surface area contributed by atoms with Crippen molar-refractivity contribution in [2.24, 2.45) is 0 Å². The first-order valence-corrected chi connectivity index (χ1v) is 10.3. The standard InChI is InChI=1S/C19H15BrN2O5S2/c1-26-14-7-12(8-15-18(25)22(9-16(23)24)19(28)29-15)6-13(20)17(14)27-10-11-2-4-21-5-3-11/h2-8H,9-10H2,1H3,(H,23,24)/b15-8+. The van der Waals surface area contributed by atoms with Gasteiger partial charge in [-0.25, -0.2) is 0 Å². The number of amides is 1. The lowest BCUT2D eigenvalue weighted by molar-refractivity contribution is -0.140. The number of carboxylic acids is 1. The number of methoxy groups -OCH3 is 1. The highest BCUT2D eigenvalue weighted by Crippen LogP contribution is 2.39. The first kappa shape index (κ1) is 21.3. The highest BCUT2D eigenvalue weighted by Gasteiger charge is 2.33. The lowest BCUT2D eigenvalue weighted by Gasteiger charge is -2.14. The molecule has 2 aromatic rings. The van der Waals surface area contributed by atoms with Crippen LogP contribution in [0.3, 0.4) is 0 Å². The Bertz CT molecular complexity index is 998. The van der Waals surface area contributed by atoms with E-state index < -0.39 is 18.4 Å². The minimum Gasteiger partial charge on any atom is -0.493 e. The van der Waals surface area contributed by atoms with Gasteiger partial charge in [-0.1, -0.05) is 24.0 Å². The zero-order valence-corrected chi connectivity index (χ0v) is 18.3. The second-order valence-electron chi connectivity index (χ2n) is 5.84. The Morgan fingerprint density at radius 1 is 1.38 bits per heavy atom. The lowest BCUT2D eigenvalue weighted by atomic mass is 10.1. The number of rotatable bonds is 7. The summed E-state index contributed by atoms with van der Waals surface area (Å²) in [7, 11) is 1.52. The number of pyridine rings is 1. The number of nitrogens with zero attached hydrogens (tertiary/aromatic N) is 2. The number of thioether (sulfide) groups is 1. The Balaban J connectivity index is 1.83. The number of thiocarbonyl (C=S) groups is 1. The normalized spacial score (nSPS) is 15.1. The Hall–Kier alpha value is -2.43. The van der Waals surface area contributed by atoms with Gasteiger partial charge in [-0.15, -0.1) is 0 Å². The number of aliphatic carboxylic acids is 1. The van der Waals surface area contributed by atoms with Gasteiger partial charge in [0, 0.05) is 12.4 Å². The number of halogens is 1. The molecule has 0 atom stereocenters. The maximum Gasteiger partial charge on any atom is 0.323 e. The van der Waals surface area contributed by atoms with Crippen molar-refractivity contribution in [1.29, 1.82) is 0 Å². The molecule has 0 aliphatic carbocycles. The number of carbonyl (C=O) groups is 2. The minimum atomic E-state index is -1.12. The summed E-state index contributed by atoms with van der Waals surface area (Å²) in [4.78, 5) is 28.7. The Kier molecular flexibility index (Phi) is 6.88. The molecule has 0 saturated carbocycles. The van der Waals surface area contributed by atoms with Crippen LogP contribution >= 0.6 is 39.9 Å². The molecule has 1 N–H and O–H groups in total. The van der Waals surface area contributed by atoms with Gasteiger partial charge in [-0.05, 0) is 57.4 Å². The molecule has 10 heteroatoms. The average Bonchev–Trinajstić information content (AvgIpc) is 2.94. The number of carboxylic acid groups (broad SMARTS) is 1. The molecule has 2 heterocycles. The van der Waals surface area contributed by atoms with E-state index in [-0.39, 0.29) is 4.32 Å². The van der Waals surface area contributed by atoms with Gasteiger partial charge in [0.2, 0.25) is 0 Å². The third kappa shape index (κ3) is 5.14. The fourth-order valence-electron chi connectivity index (χ4n) is 2.52. The van der Waals surface area contributed by atoms with Crippen LogP contribution in [-0.4, -0.2) is 44.8 Å². The van der Waals surface area contributed by atoms with Crippen LogP contribution in [0.25, 0.3) is 6.08 Å². The molecule has 1 aromatic heterocycles. The van der Waals surface area contributed by atoms with Crippen LogP contribution in [0.4, 0.5) is 0 Å². The third-order valence-electron chi connectivity index (χ3n) is 3.85. The summed E-state index contributed by atoms with van der Waals surface area (Å²) >= 11 is 9.65. The van der Waals surface area contributed by atoms with Gasteiger partial charge in [0.1, 0.15) is 17.5 Å². The third-order valence-corrected chi connectivity index (χ3v) is 5.82. The van der Waals surface area contributed by atoms with Crippen molar-refractivity contribution in [2.45, 2.75) is 6.61 Å². The second kappa shape index (κ2) is 9.38. The van der Waals surface area contributed by atoms with Crippen LogP contribution < -0.4 is 9.47 Å². The molecule has 3 rings (SSSR count). The molecular formula is C19H15BrN2O5S2. The summed E-state index contributed by atoms with van der Waals surface area (Å²) in [6.07, 6.45) is 5.02. The number of aromatic nitrogens is 1. The van der Waals surface area contributed by atoms with Gasteiger partial charge in [-0.3, -0.25) is 19.5 Å². The molecule has 1 fully saturated rings. The fourth-order valence-corrected chi connectivity index (χ4v) is 4.35. The number of carbonyl (C=O) groups excluding carboxylic acids is 1. The summed E-state index contributed by atoms with van der Waals surface area (Å²) in [5.74, 6) is -0.543. The quantitative estimate of drug-likeness (QED) is 0.460. The highest BCUT2D eigenvalue weighted by atomic mass is 79.9. The number of hydrogen-bond donors (Lipinski definition) is 1. The van der Waals surface area contributed by atoms with E-state index in [0.29, 0.717) is 33.0 Å². The van der Waals surface area contributed by atoms with Crippen molar-refractivity contribution in [3.63, 3.8) is 0 Å². The van der Waals surface area contributed by atoms with Crippen LogP contribution in [0.15, 0.2) is 46.0 Å². The Morgan fingerprint density at radius 2 is 2.10 bits per heavy atom. The van der Waals surface area contributed by atoms with Crippen LogP contribution in [0.5, 0.6) is 11.5 Å². The molecule has 29 heavy (non-hydrogen) atoms. The van der Waals surface area contributed by atoms with E-state index in [2.05, 4.69) is 20.9 Å². The van der Waals surface area contributed by atoms with Crippen LogP contribution in [-0.2, 0) is 16.2 Å². The molecule has 1 saturated heterocycles. The maximum atomic E-state index is 12.4. The molecule has 0 spiro atoms. The zero-order valence-electron chi connectivity index (χ0n) is 15.1. The van der Waals surface area contributed by atoms with E-state index in [1.54, 1.807) is 30.6 Å². The first-order chi connectivity index (χ1) is 13.9. The van der Waals surface area contributed by atoms with Crippen molar-refractivity contribution in [3.05, 3.63) is 57.2 Å². The van der Waals surface area contributed by atoms with Gasteiger partial charge >= 0.3 is 5.97 Å². The zero-order chi connectivity index (χ0) is 21.0. The second-order valence-corrected chi connectivity index (χ2v) is 8.37. The molecule has 1 aliphatic rings. The topological polar surface area (TPSA) is 89.0 Å². The van der Waals surface area contributed by atoms with Gasteiger partial charge in [0.25, 0.3) is 5.91 Å². The van der Waals surface area contributed by atoms with Crippen molar-refractivity contribution in [3.8, 4) is 11.5 Å². The van der Waals surface area contributed by atoms with Crippen LogP contribution in [0.1, 0.15) is 11.1 Å². The van der Waals surface area contributed by atoms with Gasteiger partial charge in [-0.2, -0.15) is 0 Å². The molecule has 1 aromatic carbocycles. The summed E-state index contributed by atoms with van der Waals surface area (Å²) in [5.41, 5.74) is 1.64. The van der Waals surface area contributed by atoms with E-state index >= 15 is 0 Å². The van der Waals surface area contributed by atoms with Gasteiger partial charge in [0.05, 0.1) is 16.5 Å². The average molecular weight is 495 g/mol. The number of hydrogen-bond acceptors (Lipinski definition) is 7. The Labute approximate surface area is 184 Å². The summed E-state index contributed by atoms with van der Waals surface area (Å²) in [6.45, 7) is -0.124. The molecule has 1 amide bonds. The van der Waals surface area contributed by atoms with Crippen LogP contribution in [0, 0.1) is 0 Å². The molecule has 7 nitrogen and oxygen atoms in total. The van der Waals surface area contributed by atoms with E-state index in [9.17, 15) is 9.59 Å². The fraction of sp³-hybridized carbons (Fsp3) is 0.158. The van der Waals surface area contributed by atoms with Crippen molar-refractivity contribution >= 4 is 62.2 Å². The maximum absolute atomic E-state index is 12.4. The van der Waals surface area contributed by atoms with Crippen LogP contribution in [0.2, 0.25) is 0 Å². The smallest absolute Gasteiger partial charge is 0.323 e. The first-order valence-electron chi connectivity index (χ1n) is 8.25. The molecule has 0 bridgehead atoms. The van der Waals surface area contributed by atoms with Crippen molar-refractivity contribution in [2.75, 3.05) is 13.7 Å². The van der Waals surface area contributed by atoms with Gasteiger partial charge < -0.3 is 14.6 Å². The van der Waals surface area contributed by atoms with E-state index in [1.807, 2.05) is 12.1 Å². The highest BCUT2D eigenvalue weighted by molar-refractivity contribution is 9.10. The number of benzene rings is 1. The lowest BCUT2D eigenvalue weighted by Crippen LogP contribution is -2.33. The molecule has 150 valence electrons. The van der Waals surface area contributed by atoms with E-state index in [0.717, 1.165) is 22.2 Å². The summed E-state index contributed by atoms with van der Waals surface area (Å²) in [6, 6.07) is 7.23. The van der Waals surface area contributed by atoms with E-state index in [1.165, 1.54) is 7.11 Å². The number of ether oxygens (including phenoxy) is 2. The predicted molar refractivity (Wildman–Crippen MR) is 117 cm³/mol. The predicted octanol–water partition coefficient (Wildman–Crippen LogP) is 3.72. The van der Waals surface area contributed by atoms with E-state index in [4.69, 9.17) is 26.8 Å². The molecule has 0 radical (unpaired) electrons. The monoisotopic (exact) mass is 494 g/mol. The molecule has 0 unspecified atom stereocenters. The Morgan fingerprint density at radius 3 is 2.76 bits per heavy atom. The largest absolute Gasteiger partial charge is 0.493 e. The van der Waals surface area contributed by atoms with Crippen molar-refractivity contribution in [1.82, 2.24) is 9.88 Å². The minimum absolute atomic E-state index is 0.215.